The molecule has 3 N–H and O–H groups in total. The number of carbonyl (C=O) groups excluding carboxylic acids is 1. The number of rotatable bonds is 5. The van der Waals surface area contributed by atoms with E-state index in [-0.39, 0.29) is 11.9 Å². The number of carbonyl (C=O) groups is 1. The van der Waals surface area contributed by atoms with Gasteiger partial charge in [-0.2, -0.15) is 0 Å². The molecule has 0 spiro atoms. The van der Waals surface area contributed by atoms with Gasteiger partial charge in [-0.3, -0.25) is 4.79 Å². The van der Waals surface area contributed by atoms with Crippen LogP contribution in [0.15, 0.2) is 48.5 Å². The lowest BCUT2D eigenvalue weighted by Crippen LogP contribution is -2.27. The Kier molecular flexibility index (Phi) is 5.37. The minimum Gasteiger partial charge on any atom is -0.352 e. The quantitative estimate of drug-likeness (QED) is 0.888. The molecule has 1 unspecified atom stereocenters. The summed E-state index contributed by atoms with van der Waals surface area (Å²) in [5.41, 5.74) is 8.56. The molecule has 0 aliphatic rings. The average Bonchev–Trinajstić information content (AvgIpc) is 2.50. The Labute approximate surface area is 130 Å². The molecule has 2 aromatic rings. The van der Waals surface area contributed by atoms with Crippen LogP contribution in [0.25, 0.3) is 0 Å². The van der Waals surface area contributed by atoms with Crippen molar-refractivity contribution < 1.29 is 4.79 Å². The molecule has 21 heavy (non-hydrogen) atoms. The number of aryl methyl sites for hydroxylation is 1. The van der Waals surface area contributed by atoms with E-state index in [1.807, 2.05) is 49.4 Å². The minimum absolute atomic E-state index is 0.0838. The monoisotopic (exact) mass is 302 g/mol. The number of amides is 1. The lowest BCUT2D eigenvalue weighted by molar-refractivity contribution is 0.0952. The van der Waals surface area contributed by atoms with Gasteiger partial charge in [-0.1, -0.05) is 54.1 Å². The summed E-state index contributed by atoms with van der Waals surface area (Å²) in [7, 11) is 0. The molecule has 110 valence electrons. The Bertz CT molecular complexity index is 613. The van der Waals surface area contributed by atoms with E-state index in [0.717, 1.165) is 11.1 Å². The SMILES string of the molecule is Cc1cccc(C(=O)NCCC(N)c2ccccc2)c1Cl. The van der Waals surface area contributed by atoms with Crippen LogP contribution >= 0.6 is 11.6 Å². The van der Waals surface area contributed by atoms with Crippen molar-refractivity contribution in [3.8, 4) is 0 Å². The number of benzene rings is 2. The molecule has 0 saturated heterocycles. The standard InChI is InChI=1S/C17H19ClN2O/c1-12-6-5-9-14(16(12)18)17(21)20-11-10-15(19)13-7-3-2-4-8-13/h2-9,15H,10-11,19H2,1H3,(H,20,21). The third-order valence-corrected chi connectivity index (χ3v) is 3.91. The van der Waals surface area contributed by atoms with Crippen molar-refractivity contribution in [2.75, 3.05) is 6.54 Å². The van der Waals surface area contributed by atoms with Crippen molar-refractivity contribution in [2.24, 2.45) is 5.73 Å². The highest BCUT2D eigenvalue weighted by atomic mass is 35.5. The lowest BCUT2D eigenvalue weighted by Gasteiger charge is -2.13. The zero-order chi connectivity index (χ0) is 15.2. The average molecular weight is 303 g/mol. The third-order valence-electron chi connectivity index (χ3n) is 3.41. The number of hydrogen-bond donors (Lipinski definition) is 2. The number of nitrogens with two attached hydrogens (primary N) is 1. The second kappa shape index (κ2) is 7.25. The van der Waals surface area contributed by atoms with Crippen molar-refractivity contribution in [1.82, 2.24) is 5.32 Å². The van der Waals surface area contributed by atoms with Crippen molar-refractivity contribution in [1.29, 1.82) is 0 Å². The fourth-order valence-electron chi connectivity index (χ4n) is 2.13. The highest BCUT2D eigenvalue weighted by Crippen LogP contribution is 2.20. The van der Waals surface area contributed by atoms with E-state index in [2.05, 4.69) is 5.32 Å². The molecular formula is C17H19ClN2O. The van der Waals surface area contributed by atoms with Crippen LogP contribution in [0.2, 0.25) is 5.02 Å². The molecule has 0 aliphatic carbocycles. The second-order valence-electron chi connectivity index (χ2n) is 5.00. The summed E-state index contributed by atoms with van der Waals surface area (Å²) in [4.78, 5) is 12.1. The van der Waals surface area contributed by atoms with E-state index in [0.29, 0.717) is 23.6 Å². The topological polar surface area (TPSA) is 55.1 Å². The summed E-state index contributed by atoms with van der Waals surface area (Å²) in [6, 6.07) is 15.2. The molecule has 1 amide bonds. The van der Waals surface area contributed by atoms with Crippen LogP contribution in [0, 0.1) is 6.92 Å². The fraction of sp³-hybridized carbons (Fsp3) is 0.235. The Hall–Kier alpha value is -1.84. The van der Waals surface area contributed by atoms with Crippen LogP contribution in [0.5, 0.6) is 0 Å². The molecule has 0 aromatic heterocycles. The molecule has 2 rings (SSSR count). The zero-order valence-electron chi connectivity index (χ0n) is 12.0. The van der Waals surface area contributed by atoms with Crippen LogP contribution in [0.4, 0.5) is 0 Å². The van der Waals surface area contributed by atoms with E-state index in [9.17, 15) is 4.79 Å². The normalized spacial score (nSPS) is 12.0. The van der Waals surface area contributed by atoms with Gasteiger partial charge in [0.1, 0.15) is 0 Å². The number of halogens is 1. The summed E-state index contributed by atoms with van der Waals surface area (Å²) in [5, 5.41) is 3.37. The van der Waals surface area contributed by atoms with E-state index in [1.165, 1.54) is 0 Å². The van der Waals surface area contributed by atoms with E-state index in [1.54, 1.807) is 6.07 Å². The van der Waals surface area contributed by atoms with Crippen molar-refractivity contribution >= 4 is 17.5 Å². The molecule has 0 aliphatic heterocycles. The van der Waals surface area contributed by atoms with Crippen LogP contribution in [0.1, 0.15) is 33.9 Å². The first-order chi connectivity index (χ1) is 10.1. The first-order valence-electron chi connectivity index (χ1n) is 6.93. The van der Waals surface area contributed by atoms with E-state index >= 15 is 0 Å². The largest absolute Gasteiger partial charge is 0.352 e. The Morgan fingerprint density at radius 2 is 1.90 bits per heavy atom. The number of hydrogen-bond acceptors (Lipinski definition) is 2. The summed E-state index contributed by atoms with van der Waals surface area (Å²) in [5.74, 6) is -0.163. The van der Waals surface area contributed by atoms with Gasteiger partial charge in [0, 0.05) is 12.6 Å². The second-order valence-corrected chi connectivity index (χ2v) is 5.38. The van der Waals surface area contributed by atoms with Gasteiger partial charge in [-0.15, -0.1) is 0 Å². The first kappa shape index (κ1) is 15.5. The Morgan fingerprint density at radius 1 is 1.19 bits per heavy atom. The molecule has 1 atom stereocenters. The summed E-state index contributed by atoms with van der Waals surface area (Å²) >= 11 is 6.14. The molecular weight excluding hydrogens is 284 g/mol. The molecule has 2 aromatic carbocycles. The zero-order valence-corrected chi connectivity index (χ0v) is 12.7. The van der Waals surface area contributed by atoms with Gasteiger partial charge in [0.05, 0.1) is 10.6 Å². The predicted molar refractivity (Wildman–Crippen MR) is 86.5 cm³/mol. The first-order valence-corrected chi connectivity index (χ1v) is 7.31. The smallest absolute Gasteiger partial charge is 0.252 e. The Balaban J connectivity index is 1.89. The summed E-state index contributed by atoms with van der Waals surface area (Å²) in [6.07, 6.45) is 0.680. The van der Waals surface area contributed by atoms with Gasteiger partial charge in [-0.05, 0) is 30.5 Å². The van der Waals surface area contributed by atoms with Crippen molar-refractivity contribution in [3.05, 3.63) is 70.2 Å². The van der Waals surface area contributed by atoms with Crippen molar-refractivity contribution in [2.45, 2.75) is 19.4 Å². The van der Waals surface area contributed by atoms with Gasteiger partial charge >= 0.3 is 0 Å². The van der Waals surface area contributed by atoms with Crippen LogP contribution < -0.4 is 11.1 Å². The maximum absolute atomic E-state index is 12.1. The maximum Gasteiger partial charge on any atom is 0.252 e. The van der Waals surface area contributed by atoms with Crippen LogP contribution in [-0.4, -0.2) is 12.5 Å². The maximum atomic E-state index is 12.1. The molecule has 4 heteroatoms. The molecule has 3 nitrogen and oxygen atoms in total. The van der Waals surface area contributed by atoms with Gasteiger partial charge < -0.3 is 11.1 Å². The minimum atomic E-state index is -0.163. The third kappa shape index (κ3) is 4.06. The molecule has 0 radical (unpaired) electrons. The number of nitrogens with one attached hydrogen (secondary N) is 1. The van der Waals surface area contributed by atoms with Crippen LogP contribution in [-0.2, 0) is 0 Å². The molecule has 0 saturated carbocycles. The van der Waals surface area contributed by atoms with Gasteiger partial charge in [0.2, 0.25) is 0 Å². The molecule has 0 heterocycles. The Morgan fingerprint density at radius 3 is 2.62 bits per heavy atom. The van der Waals surface area contributed by atoms with E-state index < -0.39 is 0 Å². The van der Waals surface area contributed by atoms with Gasteiger partial charge in [0.15, 0.2) is 0 Å². The summed E-state index contributed by atoms with van der Waals surface area (Å²) < 4.78 is 0. The predicted octanol–water partition coefficient (Wildman–Crippen LogP) is 3.47. The molecule has 0 fully saturated rings. The summed E-state index contributed by atoms with van der Waals surface area (Å²) in [6.45, 7) is 2.39. The van der Waals surface area contributed by atoms with Gasteiger partial charge in [-0.25, -0.2) is 0 Å². The molecule has 0 bridgehead atoms. The lowest BCUT2D eigenvalue weighted by atomic mass is 10.0. The van der Waals surface area contributed by atoms with Gasteiger partial charge in [0.25, 0.3) is 5.91 Å². The van der Waals surface area contributed by atoms with Crippen LogP contribution in [0.3, 0.4) is 0 Å². The van der Waals surface area contributed by atoms with E-state index in [4.69, 9.17) is 17.3 Å². The fourth-order valence-corrected chi connectivity index (χ4v) is 2.34. The van der Waals surface area contributed by atoms with Crippen molar-refractivity contribution in [3.63, 3.8) is 0 Å². The highest BCUT2D eigenvalue weighted by Gasteiger charge is 2.12. The highest BCUT2D eigenvalue weighted by molar-refractivity contribution is 6.34.